The summed E-state index contributed by atoms with van der Waals surface area (Å²) in [5, 5.41) is 7.40. The minimum absolute atomic E-state index is 0.0495. The lowest BCUT2D eigenvalue weighted by Crippen LogP contribution is -2.31. The highest BCUT2D eigenvalue weighted by molar-refractivity contribution is 5.78. The molecule has 4 rings (SSSR count). The summed E-state index contributed by atoms with van der Waals surface area (Å²) >= 11 is 0. The average Bonchev–Trinajstić information content (AvgIpc) is 3.43. The zero-order valence-corrected chi connectivity index (χ0v) is 16.7. The Hall–Kier alpha value is -3.15. The molecular weight excluding hydrogens is 364 g/mol. The molecule has 3 heterocycles. The van der Waals surface area contributed by atoms with Crippen molar-refractivity contribution in [2.75, 3.05) is 13.2 Å². The van der Waals surface area contributed by atoms with E-state index in [-0.39, 0.29) is 11.9 Å². The van der Waals surface area contributed by atoms with Gasteiger partial charge in [0, 0.05) is 30.9 Å². The average molecular weight is 390 g/mol. The number of aromatic nitrogens is 3. The van der Waals surface area contributed by atoms with Crippen molar-refractivity contribution in [3.8, 4) is 16.9 Å². The van der Waals surface area contributed by atoms with Crippen LogP contribution in [0, 0.1) is 0 Å². The molecule has 3 aromatic rings. The molecule has 1 fully saturated rings. The van der Waals surface area contributed by atoms with Crippen molar-refractivity contribution >= 4 is 5.91 Å². The summed E-state index contributed by atoms with van der Waals surface area (Å²) in [7, 11) is 0. The zero-order valence-electron chi connectivity index (χ0n) is 16.7. The quantitative estimate of drug-likeness (QED) is 0.657. The molecule has 1 saturated heterocycles. The number of likely N-dealkylation sites (tertiary alicyclic amines) is 1. The number of nitrogens with zero attached hydrogens (tertiary/aromatic N) is 3. The second-order valence-corrected chi connectivity index (χ2v) is 7.26. The van der Waals surface area contributed by atoms with E-state index in [1.165, 1.54) is 0 Å². The molecule has 0 radical (unpaired) electrons. The highest BCUT2D eigenvalue weighted by atomic mass is 16.5. The van der Waals surface area contributed by atoms with Gasteiger partial charge in [0.25, 0.3) is 0 Å². The Morgan fingerprint density at radius 3 is 2.76 bits per heavy atom. The van der Waals surface area contributed by atoms with Crippen LogP contribution in [0.3, 0.4) is 0 Å². The number of nitrogens with one attached hydrogen (secondary N) is 1. The number of benzene rings is 1. The second kappa shape index (κ2) is 8.90. The van der Waals surface area contributed by atoms with Crippen molar-refractivity contribution < 1.29 is 9.53 Å². The number of pyridine rings is 1. The largest absolute Gasteiger partial charge is 0.494 e. The van der Waals surface area contributed by atoms with Crippen LogP contribution in [-0.4, -0.2) is 39.1 Å². The lowest BCUT2D eigenvalue weighted by atomic mass is 10.0. The van der Waals surface area contributed by atoms with Gasteiger partial charge in [-0.2, -0.15) is 5.10 Å². The third-order valence-corrected chi connectivity index (χ3v) is 5.43. The summed E-state index contributed by atoms with van der Waals surface area (Å²) in [5.74, 6) is 1.06. The van der Waals surface area contributed by atoms with Crippen LogP contribution in [0.4, 0.5) is 0 Å². The van der Waals surface area contributed by atoms with Gasteiger partial charge in [-0.05, 0) is 61.6 Å². The Morgan fingerprint density at radius 1 is 1.21 bits per heavy atom. The molecule has 0 saturated carbocycles. The van der Waals surface area contributed by atoms with Crippen LogP contribution < -0.4 is 4.74 Å². The molecule has 2 aromatic heterocycles. The molecule has 1 N–H and O–H groups in total. The number of hydrogen-bond acceptors (Lipinski definition) is 4. The van der Waals surface area contributed by atoms with Gasteiger partial charge < -0.3 is 9.64 Å². The summed E-state index contributed by atoms with van der Waals surface area (Å²) < 4.78 is 5.48. The molecular formula is C23H26N4O2. The summed E-state index contributed by atoms with van der Waals surface area (Å²) in [5.41, 5.74) is 4.28. The van der Waals surface area contributed by atoms with Crippen LogP contribution in [0.25, 0.3) is 11.1 Å². The molecule has 1 aliphatic rings. The van der Waals surface area contributed by atoms with Gasteiger partial charge in [-0.3, -0.25) is 14.9 Å². The SMILES string of the molecule is CCOc1ccc(CCC(=O)N2CCCC2c2[nH]ncc2-c2ccncc2)cc1. The van der Waals surface area contributed by atoms with Crippen molar-refractivity contribution in [1.29, 1.82) is 0 Å². The van der Waals surface area contributed by atoms with Gasteiger partial charge >= 0.3 is 0 Å². The number of H-pyrrole nitrogens is 1. The van der Waals surface area contributed by atoms with E-state index in [2.05, 4.69) is 15.2 Å². The maximum Gasteiger partial charge on any atom is 0.223 e. The summed E-state index contributed by atoms with van der Waals surface area (Å²) in [6.45, 7) is 3.42. The van der Waals surface area contributed by atoms with Gasteiger partial charge in [0.1, 0.15) is 5.75 Å². The van der Waals surface area contributed by atoms with Crippen molar-refractivity contribution in [2.24, 2.45) is 0 Å². The van der Waals surface area contributed by atoms with E-state index in [0.717, 1.165) is 53.9 Å². The van der Waals surface area contributed by atoms with E-state index < -0.39 is 0 Å². The van der Waals surface area contributed by atoms with Crippen LogP contribution in [0.15, 0.2) is 55.0 Å². The highest BCUT2D eigenvalue weighted by Gasteiger charge is 2.32. The van der Waals surface area contributed by atoms with Gasteiger partial charge in [0.2, 0.25) is 5.91 Å². The van der Waals surface area contributed by atoms with Gasteiger partial charge in [-0.1, -0.05) is 12.1 Å². The predicted octanol–water partition coefficient (Wildman–Crippen LogP) is 4.17. The van der Waals surface area contributed by atoms with Crippen molar-refractivity contribution in [3.05, 3.63) is 66.2 Å². The molecule has 6 heteroatoms. The summed E-state index contributed by atoms with van der Waals surface area (Å²) in [6, 6.07) is 12.0. The monoisotopic (exact) mass is 390 g/mol. The number of amides is 1. The Labute approximate surface area is 170 Å². The van der Waals surface area contributed by atoms with Gasteiger partial charge in [-0.25, -0.2) is 0 Å². The first kappa shape index (κ1) is 19.2. The Kier molecular flexibility index (Phi) is 5.89. The molecule has 6 nitrogen and oxygen atoms in total. The van der Waals surface area contributed by atoms with Gasteiger partial charge in [0.15, 0.2) is 0 Å². The molecule has 0 spiro atoms. The van der Waals surface area contributed by atoms with Crippen molar-refractivity contribution in [3.63, 3.8) is 0 Å². The number of ether oxygens (including phenoxy) is 1. The number of carbonyl (C=O) groups excluding carboxylic acids is 1. The third-order valence-electron chi connectivity index (χ3n) is 5.43. The predicted molar refractivity (Wildman–Crippen MR) is 111 cm³/mol. The fourth-order valence-electron chi connectivity index (χ4n) is 3.99. The lowest BCUT2D eigenvalue weighted by Gasteiger charge is -2.25. The molecule has 1 aliphatic heterocycles. The van der Waals surface area contributed by atoms with Crippen LogP contribution in [0.2, 0.25) is 0 Å². The number of aromatic amines is 1. The fourth-order valence-corrected chi connectivity index (χ4v) is 3.99. The second-order valence-electron chi connectivity index (χ2n) is 7.26. The van der Waals surface area contributed by atoms with E-state index in [1.54, 1.807) is 12.4 Å². The van der Waals surface area contributed by atoms with Crippen molar-refractivity contribution in [2.45, 2.75) is 38.6 Å². The molecule has 1 unspecified atom stereocenters. The molecule has 0 bridgehead atoms. The maximum atomic E-state index is 13.0. The number of aryl methyl sites for hydroxylation is 1. The zero-order chi connectivity index (χ0) is 20.1. The highest BCUT2D eigenvalue weighted by Crippen LogP contribution is 2.36. The van der Waals surface area contributed by atoms with Crippen LogP contribution in [-0.2, 0) is 11.2 Å². The first-order valence-corrected chi connectivity index (χ1v) is 10.2. The Morgan fingerprint density at radius 2 is 2.00 bits per heavy atom. The molecule has 0 aliphatic carbocycles. The topological polar surface area (TPSA) is 71.1 Å². The number of rotatable bonds is 7. The van der Waals surface area contributed by atoms with Crippen molar-refractivity contribution in [1.82, 2.24) is 20.1 Å². The normalized spacial score (nSPS) is 16.2. The molecule has 150 valence electrons. The first-order chi connectivity index (χ1) is 14.3. The van der Waals surface area contributed by atoms with E-state index in [0.29, 0.717) is 13.0 Å². The molecule has 1 amide bonds. The summed E-state index contributed by atoms with van der Waals surface area (Å²) in [4.78, 5) is 19.1. The van der Waals surface area contributed by atoms with E-state index in [9.17, 15) is 4.79 Å². The Balaban J connectivity index is 1.44. The minimum Gasteiger partial charge on any atom is -0.494 e. The van der Waals surface area contributed by atoms with E-state index >= 15 is 0 Å². The summed E-state index contributed by atoms with van der Waals surface area (Å²) in [6.07, 6.45) is 8.59. The molecule has 29 heavy (non-hydrogen) atoms. The standard InChI is InChI=1S/C23H26N4O2/c1-2-29-19-8-5-17(6-9-19)7-10-22(28)27-15-3-4-21(27)23-20(16-25-26-23)18-11-13-24-14-12-18/h5-6,8-9,11-14,16,21H,2-4,7,10,15H2,1H3,(H,25,26). The minimum atomic E-state index is 0.0495. The molecule has 1 aromatic carbocycles. The van der Waals surface area contributed by atoms with Gasteiger partial charge in [-0.15, -0.1) is 0 Å². The van der Waals surface area contributed by atoms with Crippen LogP contribution >= 0.6 is 0 Å². The molecule has 1 atom stereocenters. The fraction of sp³-hybridized carbons (Fsp3) is 0.348. The smallest absolute Gasteiger partial charge is 0.223 e. The maximum absolute atomic E-state index is 13.0. The first-order valence-electron chi connectivity index (χ1n) is 10.2. The van der Waals surface area contributed by atoms with Gasteiger partial charge in [0.05, 0.1) is 24.5 Å². The van der Waals surface area contributed by atoms with E-state index in [4.69, 9.17) is 4.74 Å². The Bertz CT molecular complexity index is 937. The lowest BCUT2D eigenvalue weighted by molar-refractivity contribution is -0.132. The number of hydrogen-bond donors (Lipinski definition) is 1. The van der Waals surface area contributed by atoms with Crippen LogP contribution in [0.5, 0.6) is 5.75 Å². The van der Waals surface area contributed by atoms with E-state index in [1.807, 2.05) is 54.4 Å². The third kappa shape index (κ3) is 4.31. The van der Waals surface area contributed by atoms with Crippen LogP contribution in [0.1, 0.15) is 43.5 Å². The number of carbonyl (C=O) groups is 1.